The number of aliphatic hydroxyl groups excluding tert-OH is 2. The highest BCUT2D eigenvalue weighted by molar-refractivity contribution is 7.13. The summed E-state index contributed by atoms with van der Waals surface area (Å²) in [4.78, 5) is 1.84. The van der Waals surface area contributed by atoms with Gasteiger partial charge in [0, 0.05) is 24.0 Å². The molecule has 0 spiro atoms. The molecule has 0 bridgehead atoms. The van der Waals surface area contributed by atoms with Crippen LogP contribution in [0.15, 0.2) is 30.0 Å². The number of allylic oxidation sites excluding steroid dienone is 1. The zero-order valence-corrected chi connectivity index (χ0v) is 16.1. The van der Waals surface area contributed by atoms with Gasteiger partial charge in [0.2, 0.25) is 6.35 Å². The van der Waals surface area contributed by atoms with E-state index in [0.29, 0.717) is 16.7 Å². The van der Waals surface area contributed by atoms with Gasteiger partial charge in [0.05, 0.1) is 10.4 Å². The normalized spacial score (nSPS) is 21.3. The van der Waals surface area contributed by atoms with Crippen LogP contribution < -0.4 is 4.90 Å². The number of fused-ring (bicyclic) bond motifs is 1. The van der Waals surface area contributed by atoms with Gasteiger partial charge in [0.25, 0.3) is 0 Å². The molecule has 27 heavy (non-hydrogen) atoms. The van der Waals surface area contributed by atoms with Gasteiger partial charge in [0.15, 0.2) is 6.23 Å². The molecular weight excluding hydrogens is 379 g/mol. The maximum Gasteiger partial charge on any atom is 0.431 e. The molecule has 9 heteroatoms. The first-order chi connectivity index (χ1) is 12.7. The van der Waals surface area contributed by atoms with E-state index < -0.39 is 24.5 Å². The summed E-state index contributed by atoms with van der Waals surface area (Å²) in [7, 11) is 1.14. The van der Waals surface area contributed by atoms with Crippen molar-refractivity contribution in [2.24, 2.45) is 0 Å². The lowest BCUT2D eigenvalue weighted by molar-refractivity contribution is -0.133. The number of aromatic nitrogens is 1. The molecule has 148 valence electrons. The smallest absolute Gasteiger partial charge is 0.370 e. The number of benzene rings is 1. The second-order valence-electron chi connectivity index (χ2n) is 6.59. The minimum Gasteiger partial charge on any atom is -0.370 e. The Labute approximate surface area is 159 Å². The second-order valence-corrected chi connectivity index (χ2v) is 7.39. The van der Waals surface area contributed by atoms with Crippen molar-refractivity contribution in [3.05, 3.63) is 35.7 Å². The molecule has 1 aromatic heterocycles. The number of nitrogens with zero attached hydrogens (tertiary/aromatic N) is 3. The van der Waals surface area contributed by atoms with Gasteiger partial charge in [-0.05, 0) is 48.6 Å². The predicted molar refractivity (Wildman–Crippen MR) is 99.3 cm³/mol. The Morgan fingerprint density at radius 2 is 1.89 bits per heavy atom. The third-order valence-corrected chi connectivity index (χ3v) is 5.85. The summed E-state index contributed by atoms with van der Waals surface area (Å²) in [5, 5.41) is 21.6. The molecule has 0 amide bonds. The van der Waals surface area contributed by atoms with Gasteiger partial charge in [-0.3, -0.25) is 4.90 Å². The fourth-order valence-electron chi connectivity index (χ4n) is 3.44. The Bertz CT molecular complexity index is 848. The molecule has 5 nitrogen and oxygen atoms in total. The molecule has 1 aromatic carbocycles. The highest BCUT2D eigenvalue weighted by atomic mass is 32.1. The number of alkyl halides is 3. The van der Waals surface area contributed by atoms with Gasteiger partial charge in [-0.1, -0.05) is 13.8 Å². The number of hydrogen-bond donors (Lipinski definition) is 2. The zero-order chi connectivity index (χ0) is 19.9. The number of aliphatic hydroxyl groups is 2. The molecule has 0 radical (unpaired) electrons. The highest BCUT2D eigenvalue weighted by Crippen LogP contribution is 2.38. The first kappa shape index (κ1) is 19.9. The van der Waals surface area contributed by atoms with Crippen LogP contribution in [-0.2, 0) is 0 Å². The van der Waals surface area contributed by atoms with Crippen molar-refractivity contribution in [3.63, 3.8) is 0 Å². The maximum absolute atomic E-state index is 13.1. The van der Waals surface area contributed by atoms with Crippen LogP contribution in [0.4, 0.5) is 18.9 Å². The van der Waals surface area contributed by atoms with Crippen LogP contribution in [0.2, 0.25) is 0 Å². The third-order valence-electron chi connectivity index (χ3n) is 5.01. The van der Waals surface area contributed by atoms with Crippen LogP contribution in [0.3, 0.4) is 0 Å². The second kappa shape index (κ2) is 7.29. The van der Waals surface area contributed by atoms with E-state index in [9.17, 15) is 23.4 Å². The molecule has 0 aliphatic carbocycles. The zero-order valence-electron chi connectivity index (χ0n) is 15.2. The average molecular weight is 401 g/mol. The summed E-state index contributed by atoms with van der Waals surface area (Å²) >= 11 is 1.37. The minimum absolute atomic E-state index is 0.282. The van der Waals surface area contributed by atoms with E-state index in [4.69, 9.17) is 0 Å². The largest absolute Gasteiger partial charge is 0.431 e. The van der Waals surface area contributed by atoms with Crippen molar-refractivity contribution in [2.45, 2.75) is 51.4 Å². The molecule has 2 aromatic rings. The van der Waals surface area contributed by atoms with E-state index in [2.05, 4.69) is 18.2 Å². The predicted octanol–water partition coefficient (Wildman–Crippen LogP) is 3.99. The molecule has 2 atom stereocenters. The summed E-state index contributed by atoms with van der Waals surface area (Å²) in [6, 6.07) is 5.26. The van der Waals surface area contributed by atoms with Gasteiger partial charge in [0.1, 0.15) is 5.70 Å². The van der Waals surface area contributed by atoms with E-state index in [1.165, 1.54) is 11.5 Å². The molecule has 2 heterocycles. The van der Waals surface area contributed by atoms with Crippen LogP contribution in [-0.4, -0.2) is 45.3 Å². The summed E-state index contributed by atoms with van der Waals surface area (Å²) in [6.45, 7) is 4.17. The monoisotopic (exact) mass is 401 g/mol. The highest BCUT2D eigenvalue weighted by Gasteiger charge is 2.44. The van der Waals surface area contributed by atoms with Crippen molar-refractivity contribution in [2.75, 3.05) is 11.9 Å². The molecule has 0 saturated carbocycles. The van der Waals surface area contributed by atoms with E-state index in [0.717, 1.165) is 40.6 Å². The average Bonchev–Trinajstić information content (AvgIpc) is 3.02. The number of rotatable bonds is 4. The van der Waals surface area contributed by atoms with Crippen molar-refractivity contribution in [1.29, 1.82) is 0 Å². The van der Waals surface area contributed by atoms with Crippen molar-refractivity contribution >= 4 is 27.3 Å². The SMILES string of the molecule is CCC(CC)c1nsc2ccc(N3C(O)C=C(C(F)(F)F)N(C)C3O)cc12. The van der Waals surface area contributed by atoms with Gasteiger partial charge in [-0.2, -0.15) is 17.5 Å². The molecule has 0 fully saturated rings. The van der Waals surface area contributed by atoms with Gasteiger partial charge >= 0.3 is 6.18 Å². The minimum atomic E-state index is -4.66. The summed E-state index contributed by atoms with van der Waals surface area (Å²) in [5.41, 5.74) is 0.302. The van der Waals surface area contributed by atoms with E-state index in [1.807, 2.05) is 6.07 Å². The molecule has 0 saturated heterocycles. The number of hydrogen-bond acceptors (Lipinski definition) is 6. The van der Waals surface area contributed by atoms with Gasteiger partial charge in [-0.15, -0.1) is 0 Å². The molecule has 2 unspecified atom stereocenters. The van der Waals surface area contributed by atoms with Crippen molar-refractivity contribution < 1.29 is 23.4 Å². The fourth-order valence-corrected chi connectivity index (χ4v) is 4.28. The van der Waals surface area contributed by atoms with Crippen LogP contribution in [0, 0.1) is 0 Å². The molecule has 1 aliphatic heterocycles. The number of anilines is 1. The maximum atomic E-state index is 13.1. The fraction of sp³-hybridized carbons (Fsp3) is 0.500. The molecular formula is C18H22F3N3O2S. The van der Waals surface area contributed by atoms with Crippen molar-refractivity contribution in [1.82, 2.24) is 9.27 Å². The Hall–Kier alpha value is -1.84. The van der Waals surface area contributed by atoms with Gasteiger partial charge < -0.3 is 15.1 Å². The molecule has 3 rings (SSSR count). The Morgan fingerprint density at radius 1 is 1.22 bits per heavy atom. The topological polar surface area (TPSA) is 59.8 Å². The summed E-state index contributed by atoms with van der Waals surface area (Å²) in [5.74, 6) is 0.282. The standard InChI is InChI=1S/C18H22F3N3O2S/c1-4-10(5-2)16-12-8-11(6-7-13(12)27-22-16)24-15(25)9-14(18(19,20)21)23(3)17(24)26/h6-10,15,17,25-26H,4-5H2,1-3H3. The van der Waals surface area contributed by atoms with Crippen LogP contribution in [0.25, 0.3) is 10.1 Å². The lowest BCUT2D eigenvalue weighted by Gasteiger charge is -2.43. The third kappa shape index (κ3) is 3.51. The first-order valence-electron chi connectivity index (χ1n) is 8.74. The lowest BCUT2D eigenvalue weighted by Crippen LogP contribution is -2.56. The van der Waals surface area contributed by atoms with E-state index in [1.54, 1.807) is 12.1 Å². The summed E-state index contributed by atoms with van der Waals surface area (Å²) in [6.07, 6.45) is -5.36. The number of halogens is 3. The Balaban J connectivity index is 2.04. The Kier molecular flexibility index (Phi) is 5.38. The van der Waals surface area contributed by atoms with Crippen LogP contribution in [0.5, 0.6) is 0 Å². The summed E-state index contributed by atoms with van der Waals surface area (Å²) < 4.78 is 44.8. The van der Waals surface area contributed by atoms with Crippen LogP contribution in [0.1, 0.15) is 38.3 Å². The Morgan fingerprint density at radius 3 is 2.48 bits per heavy atom. The molecule has 2 N–H and O–H groups in total. The van der Waals surface area contributed by atoms with E-state index >= 15 is 0 Å². The van der Waals surface area contributed by atoms with Crippen LogP contribution >= 0.6 is 11.5 Å². The quantitative estimate of drug-likeness (QED) is 0.811. The first-order valence-corrected chi connectivity index (χ1v) is 9.52. The van der Waals surface area contributed by atoms with Gasteiger partial charge in [-0.25, -0.2) is 0 Å². The van der Waals surface area contributed by atoms with Crippen molar-refractivity contribution in [3.8, 4) is 0 Å². The van der Waals surface area contributed by atoms with E-state index in [-0.39, 0.29) is 5.92 Å². The lowest BCUT2D eigenvalue weighted by atomic mass is 9.96. The molecule has 1 aliphatic rings.